The fraction of sp³-hybridized carbons (Fsp3) is 0.867. The number of hydrogen-bond donors (Lipinski definition) is 1. The number of hydrogen-bond acceptors (Lipinski definition) is 3. The largest absolute Gasteiger partial charge is 0.388 e. The normalized spacial score (nSPS) is 43.6. The molecule has 1 aromatic rings. The second kappa shape index (κ2) is 9.27. The first kappa shape index (κ1) is 24.4. The van der Waals surface area contributed by atoms with Gasteiger partial charge in [-0.3, -0.25) is 4.68 Å². The molecular weight excluding hydrogens is 418 g/mol. The summed E-state index contributed by atoms with van der Waals surface area (Å²) in [7, 11) is 0. The minimum atomic E-state index is -0.811. The van der Waals surface area contributed by atoms with E-state index in [2.05, 4.69) is 31.9 Å². The lowest BCUT2D eigenvalue weighted by atomic mass is 9.42. The average Bonchev–Trinajstić information content (AvgIpc) is 3.25. The summed E-state index contributed by atoms with van der Waals surface area (Å²) in [5, 5.41) is 25.4. The summed E-state index contributed by atoms with van der Waals surface area (Å²) in [4.78, 5) is 0. The quantitative estimate of drug-likeness (QED) is 0.518. The Morgan fingerprint density at radius 3 is 2.68 bits per heavy atom. The van der Waals surface area contributed by atoms with Gasteiger partial charge < -0.3 is 5.11 Å². The maximum Gasteiger partial charge on any atom is 0.102 e. The molecule has 0 spiro atoms. The van der Waals surface area contributed by atoms with Crippen LogP contribution >= 0.6 is 0 Å². The molecular formula is C30H47N3O. The summed E-state index contributed by atoms with van der Waals surface area (Å²) in [5.74, 6) is 6.51. The van der Waals surface area contributed by atoms with E-state index in [0.717, 1.165) is 47.8 Å². The molecule has 4 aliphatic rings. The fourth-order valence-electron chi connectivity index (χ4n) is 10.3. The molecule has 0 radical (unpaired) electrons. The van der Waals surface area contributed by atoms with Gasteiger partial charge in [0.2, 0.25) is 0 Å². The molecule has 0 bridgehead atoms. The van der Waals surface area contributed by atoms with Gasteiger partial charge in [0.15, 0.2) is 0 Å². The second-order valence-corrected chi connectivity index (χ2v) is 13.4. The van der Waals surface area contributed by atoms with Gasteiger partial charge in [-0.1, -0.05) is 46.5 Å². The van der Waals surface area contributed by atoms with Gasteiger partial charge in [0, 0.05) is 6.20 Å². The van der Waals surface area contributed by atoms with Gasteiger partial charge in [-0.25, -0.2) is 0 Å². The molecule has 10 atom stereocenters. The van der Waals surface area contributed by atoms with Crippen molar-refractivity contribution in [3.63, 3.8) is 0 Å². The van der Waals surface area contributed by atoms with Crippen molar-refractivity contribution in [2.45, 2.75) is 110 Å². The fourth-order valence-corrected chi connectivity index (χ4v) is 10.3. The Kier molecular flexibility index (Phi) is 6.64. The maximum absolute atomic E-state index is 11.9. The van der Waals surface area contributed by atoms with E-state index in [1.165, 1.54) is 64.2 Å². The van der Waals surface area contributed by atoms with Crippen molar-refractivity contribution in [2.24, 2.45) is 52.8 Å². The monoisotopic (exact) mass is 465 g/mol. The van der Waals surface area contributed by atoms with Crippen molar-refractivity contribution < 1.29 is 5.11 Å². The molecule has 4 heteroatoms. The zero-order valence-electron chi connectivity index (χ0n) is 22.0. The van der Waals surface area contributed by atoms with Gasteiger partial charge in [-0.05, 0) is 105 Å². The third-order valence-electron chi connectivity index (χ3n) is 11.4. The van der Waals surface area contributed by atoms with Crippen molar-refractivity contribution in [1.29, 1.82) is 5.26 Å². The Labute approximate surface area is 207 Å². The van der Waals surface area contributed by atoms with Crippen molar-refractivity contribution in [1.82, 2.24) is 9.78 Å². The van der Waals surface area contributed by atoms with E-state index in [-0.39, 0.29) is 11.3 Å². The van der Waals surface area contributed by atoms with Crippen molar-refractivity contribution in [3.8, 4) is 6.07 Å². The first-order chi connectivity index (χ1) is 16.3. The predicted molar refractivity (Wildman–Crippen MR) is 136 cm³/mol. The number of fused-ring (bicyclic) bond motifs is 5. The SMILES string of the molecule is CCC[C@H]1CC[C@H]2C(CC[C@@H]3C2CC[C@@]2(C)C3[C@H](C)CC[C@@H]2[C@](C)(O)Cn2cc(C#N)cn2)C1. The van der Waals surface area contributed by atoms with Gasteiger partial charge in [0.1, 0.15) is 6.07 Å². The predicted octanol–water partition coefficient (Wildman–Crippen LogP) is 6.83. The van der Waals surface area contributed by atoms with Crippen LogP contribution in [0.3, 0.4) is 0 Å². The molecule has 0 amide bonds. The lowest BCUT2D eigenvalue weighted by Crippen LogP contribution is -2.60. The van der Waals surface area contributed by atoms with Crippen LogP contribution in [0.2, 0.25) is 0 Å². The van der Waals surface area contributed by atoms with Crippen molar-refractivity contribution >= 4 is 0 Å². The summed E-state index contributed by atoms with van der Waals surface area (Å²) < 4.78 is 1.79. The topological polar surface area (TPSA) is 61.8 Å². The number of nitriles is 1. The molecule has 4 saturated carbocycles. The molecule has 34 heavy (non-hydrogen) atoms. The Morgan fingerprint density at radius 1 is 1.15 bits per heavy atom. The summed E-state index contributed by atoms with van der Waals surface area (Å²) in [6.07, 6.45) is 18.5. The van der Waals surface area contributed by atoms with Gasteiger partial charge in [-0.15, -0.1) is 0 Å². The Hall–Kier alpha value is -1.34. The van der Waals surface area contributed by atoms with Crippen LogP contribution in [0, 0.1) is 64.1 Å². The molecule has 0 aromatic carbocycles. The van der Waals surface area contributed by atoms with Crippen LogP contribution in [0.4, 0.5) is 0 Å². The molecule has 5 rings (SSSR count). The lowest BCUT2D eigenvalue weighted by molar-refractivity contribution is -0.180. The zero-order chi connectivity index (χ0) is 24.1. The van der Waals surface area contributed by atoms with Gasteiger partial charge >= 0.3 is 0 Å². The molecule has 0 aliphatic heterocycles. The molecule has 1 heterocycles. The lowest BCUT2D eigenvalue weighted by Gasteiger charge is -2.64. The average molecular weight is 466 g/mol. The Balaban J connectivity index is 1.36. The van der Waals surface area contributed by atoms with Gasteiger partial charge in [-0.2, -0.15) is 10.4 Å². The molecule has 0 saturated heterocycles. The third kappa shape index (κ3) is 4.15. The minimum Gasteiger partial charge on any atom is -0.388 e. The van der Waals surface area contributed by atoms with E-state index >= 15 is 0 Å². The summed E-state index contributed by atoms with van der Waals surface area (Å²) in [6, 6.07) is 2.17. The molecule has 3 unspecified atom stereocenters. The molecule has 1 aromatic heterocycles. The number of rotatable bonds is 5. The number of aliphatic hydroxyl groups is 1. The molecule has 188 valence electrons. The van der Waals surface area contributed by atoms with E-state index in [4.69, 9.17) is 0 Å². The van der Waals surface area contributed by atoms with Gasteiger partial charge in [0.05, 0.1) is 23.9 Å². The standard InChI is InChI=1S/C30H47N3O/c1-5-6-21-8-10-24-23(15-21)9-11-26-25(24)13-14-29(3)27(12-7-20(2)28(26)29)30(4,34)19-33-18-22(16-31)17-32-33/h17-18,20-21,23-28,34H,5-15,19H2,1-4H3/t20-,21+,23?,24+,25?,26-,27+,28?,29-,30-/m1/s1. The molecule has 4 nitrogen and oxygen atoms in total. The van der Waals surface area contributed by atoms with Crippen molar-refractivity contribution in [2.75, 3.05) is 0 Å². The first-order valence-corrected chi connectivity index (χ1v) is 14.4. The van der Waals surface area contributed by atoms with Crippen LogP contribution in [0.25, 0.3) is 0 Å². The van der Waals surface area contributed by atoms with E-state index in [9.17, 15) is 10.4 Å². The highest BCUT2D eigenvalue weighted by molar-refractivity contribution is 5.21. The molecule has 4 fully saturated rings. The summed E-state index contributed by atoms with van der Waals surface area (Å²) >= 11 is 0. The third-order valence-corrected chi connectivity index (χ3v) is 11.4. The second-order valence-electron chi connectivity index (χ2n) is 13.4. The van der Waals surface area contributed by atoms with Gasteiger partial charge in [0.25, 0.3) is 0 Å². The van der Waals surface area contributed by atoms with Crippen LogP contribution < -0.4 is 0 Å². The smallest absolute Gasteiger partial charge is 0.102 e. The van der Waals surface area contributed by atoms with Crippen LogP contribution in [-0.2, 0) is 6.54 Å². The Morgan fingerprint density at radius 2 is 1.94 bits per heavy atom. The minimum absolute atomic E-state index is 0.194. The Bertz CT molecular complexity index is 899. The molecule has 4 aliphatic carbocycles. The summed E-state index contributed by atoms with van der Waals surface area (Å²) in [6.45, 7) is 9.94. The van der Waals surface area contributed by atoms with E-state index in [0.29, 0.717) is 12.1 Å². The summed E-state index contributed by atoms with van der Waals surface area (Å²) in [5.41, 5.74) is -0.0448. The zero-order valence-corrected chi connectivity index (χ0v) is 22.0. The number of aromatic nitrogens is 2. The number of nitrogens with zero attached hydrogens (tertiary/aromatic N) is 3. The van der Waals surface area contributed by atoms with Crippen LogP contribution in [0.15, 0.2) is 12.4 Å². The van der Waals surface area contributed by atoms with Crippen LogP contribution in [-0.4, -0.2) is 20.5 Å². The van der Waals surface area contributed by atoms with E-state index in [1.54, 1.807) is 17.1 Å². The highest BCUT2D eigenvalue weighted by Gasteiger charge is 2.60. The maximum atomic E-state index is 11.9. The highest BCUT2D eigenvalue weighted by atomic mass is 16.3. The van der Waals surface area contributed by atoms with Crippen LogP contribution in [0.5, 0.6) is 0 Å². The molecule has 1 N–H and O–H groups in total. The van der Waals surface area contributed by atoms with Crippen molar-refractivity contribution in [3.05, 3.63) is 18.0 Å². The highest BCUT2D eigenvalue weighted by Crippen LogP contribution is 2.65. The first-order valence-electron chi connectivity index (χ1n) is 14.4. The van der Waals surface area contributed by atoms with E-state index < -0.39 is 5.60 Å². The van der Waals surface area contributed by atoms with E-state index in [1.807, 2.05) is 6.92 Å². The van der Waals surface area contributed by atoms with Crippen LogP contribution in [0.1, 0.15) is 104 Å².